The summed E-state index contributed by atoms with van der Waals surface area (Å²) in [5.41, 5.74) is 4.82. The topological polar surface area (TPSA) is 81.4 Å². The van der Waals surface area contributed by atoms with E-state index in [4.69, 9.17) is 22.7 Å². The largest absolute Gasteiger partial charge is 0.392 e. The van der Waals surface area contributed by atoms with Crippen LogP contribution in [0.1, 0.15) is 40.5 Å². The van der Waals surface area contributed by atoms with Crippen molar-refractivity contribution in [3.05, 3.63) is 0 Å². The summed E-state index contributed by atoms with van der Waals surface area (Å²) in [5, 5.41) is 0. The fraction of sp³-hybridized carbons (Fsp3) is 0.909. The number of sulfonamides is 1. The van der Waals surface area contributed by atoms with Crippen molar-refractivity contribution in [3.8, 4) is 0 Å². The molecule has 0 atom stereocenters. The van der Waals surface area contributed by atoms with Crippen LogP contribution < -0.4 is 10.5 Å². The Labute approximate surface area is 116 Å². The maximum absolute atomic E-state index is 11.9. The second-order valence-electron chi connectivity index (χ2n) is 4.49. The highest BCUT2D eigenvalue weighted by atomic mass is 32.2. The van der Waals surface area contributed by atoms with E-state index in [2.05, 4.69) is 4.72 Å². The summed E-state index contributed by atoms with van der Waals surface area (Å²) in [6.07, 6.45) is 1.07. The molecule has 0 aromatic heterocycles. The Balaban J connectivity index is 4.67. The summed E-state index contributed by atoms with van der Waals surface area (Å²) in [6.45, 7) is 7.59. The number of ether oxygens (including phenoxy) is 1. The smallest absolute Gasteiger partial charge is 0.214 e. The van der Waals surface area contributed by atoms with Gasteiger partial charge in [0.15, 0.2) is 0 Å². The fourth-order valence-corrected chi connectivity index (χ4v) is 3.35. The number of thiocarbonyl (C=S) groups is 1. The van der Waals surface area contributed by atoms with Crippen molar-refractivity contribution in [1.82, 2.24) is 4.72 Å². The van der Waals surface area contributed by atoms with Crippen molar-refractivity contribution < 1.29 is 13.2 Å². The van der Waals surface area contributed by atoms with Gasteiger partial charge >= 0.3 is 0 Å². The molecule has 0 unspecified atom stereocenters. The highest BCUT2D eigenvalue weighted by molar-refractivity contribution is 7.89. The van der Waals surface area contributed by atoms with E-state index >= 15 is 0 Å². The van der Waals surface area contributed by atoms with Crippen LogP contribution in [0.5, 0.6) is 0 Å². The summed E-state index contributed by atoms with van der Waals surface area (Å²) >= 11 is 4.97. The van der Waals surface area contributed by atoms with Gasteiger partial charge in [-0.05, 0) is 26.7 Å². The van der Waals surface area contributed by atoms with Crippen molar-refractivity contribution in [2.24, 2.45) is 5.73 Å². The summed E-state index contributed by atoms with van der Waals surface area (Å²) in [4.78, 5) is 0.181. The Hall–Kier alpha value is -0.240. The Morgan fingerprint density at radius 2 is 1.89 bits per heavy atom. The van der Waals surface area contributed by atoms with Crippen LogP contribution in [0.4, 0.5) is 0 Å². The molecular weight excluding hydrogens is 272 g/mol. The maximum Gasteiger partial charge on any atom is 0.214 e. The van der Waals surface area contributed by atoms with Crippen molar-refractivity contribution in [2.75, 3.05) is 12.4 Å². The molecule has 0 bridgehead atoms. The number of nitrogens with two attached hydrogens (primary N) is 1. The molecule has 0 radical (unpaired) electrons. The van der Waals surface area contributed by atoms with Crippen LogP contribution in [0.2, 0.25) is 0 Å². The van der Waals surface area contributed by atoms with Gasteiger partial charge in [0.05, 0.1) is 29.0 Å². The fourth-order valence-electron chi connectivity index (χ4n) is 1.54. The summed E-state index contributed by atoms with van der Waals surface area (Å²) in [7, 11) is -3.45. The maximum atomic E-state index is 11.9. The summed E-state index contributed by atoms with van der Waals surface area (Å²) in [5.74, 6) is -0.0878. The van der Waals surface area contributed by atoms with Crippen molar-refractivity contribution in [1.29, 1.82) is 0 Å². The lowest BCUT2D eigenvalue weighted by atomic mass is 9.94. The van der Waals surface area contributed by atoms with E-state index in [1.807, 2.05) is 27.7 Å². The number of rotatable bonds is 9. The summed E-state index contributed by atoms with van der Waals surface area (Å²) in [6, 6.07) is 0. The Kier molecular flexibility index (Phi) is 7.28. The Bertz CT molecular complexity index is 362. The highest BCUT2D eigenvalue weighted by Crippen LogP contribution is 2.17. The molecule has 0 amide bonds. The first-order valence-corrected chi connectivity index (χ1v) is 8.18. The highest BCUT2D eigenvalue weighted by Gasteiger charge is 2.33. The minimum atomic E-state index is -3.45. The predicted octanol–water partition coefficient (Wildman–Crippen LogP) is 1.18. The van der Waals surface area contributed by atoms with E-state index in [9.17, 15) is 8.42 Å². The van der Waals surface area contributed by atoms with Gasteiger partial charge in [0.1, 0.15) is 0 Å². The van der Waals surface area contributed by atoms with Crippen molar-refractivity contribution >= 4 is 27.2 Å². The third kappa shape index (κ3) is 5.60. The molecule has 0 spiro atoms. The molecule has 0 aromatic rings. The lowest BCUT2D eigenvalue weighted by molar-refractivity contribution is 0.0911. The molecule has 0 aliphatic carbocycles. The Morgan fingerprint density at radius 1 is 1.39 bits per heavy atom. The van der Waals surface area contributed by atoms with Gasteiger partial charge in [-0.3, -0.25) is 0 Å². The van der Waals surface area contributed by atoms with E-state index in [1.54, 1.807) is 0 Å². The molecule has 7 heteroatoms. The van der Waals surface area contributed by atoms with Gasteiger partial charge in [0, 0.05) is 0 Å². The van der Waals surface area contributed by atoms with Crippen molar-refractivity contribution in [3.63, 3.8) is 0 Å². The van der Waals surface area contributed by atoms with Gasteiger partial charge in [-0.2, -0.15) is 0 Å². The normalized spacial score (nSPS) is 12.9. The molecule has 0 saturated heterocycles. The van der Waals surface area contributed by atoms with Crippen LogP contribution in [0.15, 0.2) is 0 Å². The summed E-state index contributed by atoms with van der Waals surface area (Å²) < 4.78 is 31.7. The molecule has 18 heavy (non-hydrogen) atoms. The average Bonchev–Trinajstić information content (AvgIpc) is 2.24. The van der Waals surface area contributed by atoms with E-state index < -0.39 is 15.6 Å². The van der Waals surface area contributed by atoms with Crippen LogP contribution in [-0.2, 0) is 14.8 Å². The molecule has 0 rings (SSSR count). The van der Waals surface area contributed by atoms with E-state index in [0.29, 0.717) is 12.8 Å². The molecular formula is C11H24N2O3S2. The van der Waals surface area contributed by atoms with Crippen LogP contribution >= 0.6 is 12.2 Å². The first kappa shape index (κ1) is 17.8. The van der Waals surface area contributed by atoms with E-state index in [0.717, 1.165) is 0 Å². The number of hydrogen-bond donors (Lipinski definition) is 2. The average molecular weight is 296 g/mol. The monoisotopic (exact) mass is 296 g/mol. The molecule has 0 saturated carbocycles. The SMILES string of the molecule is CCC(CC)(NS(=O)(=O)CCOC(C)C)C(N)=S. The number of nitrogens with one attached hydrogen (secondary N) is 1. The van der Waals surface area contributed by atoms with Crippen molar-refractivity contribution in [2.45, 2.75) is 52.2 Å². The zero-order chi connectivity index (χ0) is 14.4. The quantitative estimate of drug-likeness (QED) is 0.624. The van der Waals surface area contributed by atoms with Gasteiger partial charge in [-0.15, -0.1) is 0 Å². The second-order valence-corrected chi connectivity index (χ2v) is 6.78. The third-order valence-electron chi connectivity index (χ3n) is 2.83. The standard InChI is InChI=1S/C11H24N2O3S2/c1-5-11(6-2,10(12)17)13-18(14,15)8-7-16-9(3)4/h9,13H,5-8H2,1-4H3,(H2,12,17). The predicted molar refractivity (Wildman–Crippen MR) is 78.1 cm³/mol. The van der Waals surface area contributed by atoms with Gasteiger partial charge in [-0.25, -0.2) is 13.1 Å². The Morgan fingerprint density at radius 3 is 2.22 bits per heavy atom. The molecule has 3 N–H and O–H groups in total. The zero-order valence-electron chi connectivity index (χ0n) is 11.5. The molecule has 5 nitrogen and oxygen atoms in total. The third-order valence-corrected chi connectivity index (χ3v) is 4.63. The molecule has 0 aromatic carbocycles. The lowest BCUT2D eigenvalue weighted by Crippen LogP contribution is -2.56. The first-order valence-electron chi connectivity index (χ1n) is 6.12. The van der Waals surface area contributed by atoms with E-state index in [-0.39, 0.29) is 23.5 Å². The molecule has 0 aliphatic heterocycles. The zero-order valence-corrected chi connectivity index (χ0v) is 13.2. The minimum absolute atomic E-state index is 0.0119. The first-order chi connectivity index (χ1) is 8.19. The van der Waals surface area contributed by atoms with Gasteiger partial charge in [0.2, 0.25) is 10.0 Å². The lowest BCUT2D eigenvalue weighted by Gasteiger charge is -2.31. The van der Waals surface area contributed by atoms with E-state index in [1.165, 1.54) is 0 Å². The number of hydrogen-bond acceptors (Lipinski definition) is 4. The molecule has 0 aliphatic rings. The van der Waals surface area contributed by atoms with Crippen LogP contribution in [-0.4, -0.2) is 37.4 Å². The van der Waals surface area contributed by atoms with Gasteiger partial charge in [-0.1, -0.05) is 26.1 Å². The second kappa shape index (κ2) is 7.37. The molecule has 108 valence electrons. The van der Waals surface area contributed by atoms with Gasteiger partial charge < -0.3 is 10.5 Å². The molecule has 0 heterocycles. The van der Waals surface area contributed by atoms with Crippen LogP contribution in [0, 0.1) is 0 Å². The minimum Gasteiger partial charge on any atom is -0.392 e. The van der Waals surface area contributed by atoms with Crippen LogP contribution in [0.25, 0.3) is 0 Å². The van der Waals surface area contributed by atoms with Gasteiger partial charge in [0.25, 0.3) is 0 Å². The van der Waals surface area contributed by atoms with Crippen LogP contribution in [0.3, 0.4) is 0 Å². The molecule has 0 fully saturated rings.